The standard InChI is InChI=1S/C10H13ClFN.CH5N/c1-7(2)13-6-8-3-4-10(12)9(11)5-8;1-2/h3-5,7,13H,6H2,1-2H3;2H2,1H3. The molecule has 0 aliphatic heterocycles. The highest BCUT2D eigenvalue weighted by Crippen LogP contribution is 2.15. The molecule has 0 radical (unpaired) electrons. The first-order valence-electron chi connectivity index (χ1n) is 4.84. The summed E-state index contributed by atoms with van der Waals surface area (Å²) in [5.41, 5.74) is 5.50. The van der Waals surface area contributed by atoms with E-state index in [1.54, 1.807) is 12.1 Å². The van der Waals surface area contributed by atoms with Gasteiger partial charge >= 0.3 is 0 Å². The Morgan fingerprint density at radius 2 is 2.00 bits per heavy atom. The average molecular weight is 233 g/mol. The second-order valence-electron chi connectivity index (χ2n) is 3.28. The fourth-order valence-electron chi connectivity index (χ4n) is 0.972. The largest absolute Gasteiger partial charge is 0.333 e. The lowest BCUT2D eigenvalue weighted by Gasteiger charge is -2.08. The lowest BCUT2D eigenvalue weighted by atomic mass is 10.2. The molecule has 15 heavy (non-hydrogen) atoms. The molecule has 1 rings (SSSR count). The van der Waals surface area contributed by atoms with Crippen LogP contribution in [0, 0.1) is 5.82 Å². The van der Waals surface area contributed by atoms with E-state index < -0.39 is 0 Å². The molecule has 0 unspecified atom stereocenters. The smallest absolute Gasteiger partial charge is 0.141 e. The van der Waals surface area contributed by atoms with Crippen molar-refractivity contribution in [2.24, 2.45) is 5.73 Å². The number of hydrogen-bond acceptors (Lipinski definition) is 2. The predicted molar refractivity (Wildman–Crippen MR) is 63.5 cm³/mol. The maximum atomic E-state index is 12.7. The summed E-state index contributed by atoms with van der Waals surface area (Å²) in [5, 5.41) is 3.41. The van der Waals surface area contributed by atoms with Crippen LogP contribution < -0.4 is 11.1 Å². The van der Waals surface area contributed by atoms with Crippen molar-refractivity contribution in [3.8, 4) is 0 Å². The molecule has 0 saturated heterocycles. The summed E-state index contributed by atoms with van der Waals surface area (Å²) in [4.78, 5) is 0. The van der Waals surface area contributed by atoms with Gasteiger partial charge in [0.05, 0.1) is 5.02 Å². The predicted octanol–water partition coefficient (Wildman–Crippen LogP) is 2.55. The van der Waals surface area contributed by atoms with Crippen LogP contribution in [0.25, 0.3) is 0 Å². The Labute approximate surface area is 95.6 Å². The summed E-state index contributed by atoms with van der Waals surface area (Å²) in [5.74, 6) is -0.366. The molecule has 3 N–H and O–H groups in total. The Balaban J connectivity index is 0.000000921. The number of nitrogens with two attached hydrogens (primary N) is 1. The zero-order valence-corrected chi connectivity index (χ0v) is 10.1. The van der Waals surface area contributed by atoms with Crippen LogP contribution in [-0.2, 0) is 6.54 Å². The fourth-order valence-corrected chi connectivity index (χ4v) is 1.17. The van der Waals surface area contributed by atoms with Gasteiger partial charge in [0.2, 0.25) is 0 Å². The van der Waals surface area contributed by atoms with Gasteiger partial charge < -0.3 is 11.1 Å². The van der Waals surface area contributed by atoms with Crippen molar-refractivity contribution >= 4 is 11.6 Å². The van der Waals surface area contributed by atoms with Crippen molar-refractivity contribution in [2.75, 3.05) is 7.05 Å². The average Bonchev–Trinajstić information content (AvgIpc) is 2.23. The summed E-state index contributed by atoms with van der Waals surface area (Å²) in [6, 6.07) is 5.19. The Hall–Kier alpha value is -0.640. The van der Waals surface area contributed by atoms with Crippen molar-refractivity contribution in [3.05, 3.63) is 34.6 Å². The van der Waals surface area contributed by atoms with E-state index in [-0.39, 0.29) is 10.8 Å². The van der Waals surface area contributed by atoms with Gasteiger partial charge in [-0.25, -0.2) is 4.39 Å². The lowest BCUT2D eigenvalue weighted by molar-refractivity contribution is 0.586. The van der Waals surface area contributed by atoms with Gasteiger partial charge in [0.25, 0.3) is 0 Å². The van der Waals surface area contributed by atoms with E-state index in [2.05, 4.69) is 24.9 Å². The SMILES string of the molecule is CC(C)NCc1ccc(F)c(Cl)c1.CN. The highest BCUT2D eigenvalue weighted by molar-refractivity contribution is 6.30. The molecule has 0 spiro atoms. The summed E-state index contributed by atoms with van der Waals surface area (Å²) < 4.78 is 12.7. The molecule has 0 fully saturated rings. The lowest BCUT2D eigenvalue weighted by Crippen LogP contribution is -2.21. The van der Waals surface area contributed by atoms with Gasteiger partial charge in [0.1, 0.15) is 5.82 Å². The minimum absolute atomic E-state index is 0.183. The molecule has 0 heterocycles. The van der Waals surface area contributed by atoms with Gasteiger partial charge in [-0.1, -0.05) is 31.5 Å². The van der Waals surface area contributed by atoms with Gasteiger partial charge in [-0.15, -0.1) is 0 Å². The molecular formula is C11H18ClFN2. The number of halogens is 2. The molecule has 1 aromatic rings. The first-order valence-corrected chi connectivity index (χ1v) is 5.22. The van der Waals surface area contributed by atoms with E-state index in [0.29, 0.717) is 6.04 Å². The van der Waals surface area contributed by atoms with Crippen molar-refractivity contribution in [2.45, 2.75) is 26.4 Å². The number of nitrogens with one attached hydrogen (secondary N) is 1. The van der Waals surface area contributed by atoms with E-state index in [1.165, 1.54) is 13.1 Å². The molecule has 0 aromatic heterocycles. The number of benzene rings is 1. The highest BCUT2D eigenvalue weighted by Gasteiger charge is 2.00. The van der Waals surface area contributed by atoms with Crippen LogP contribution in [0.2, 0.25) is 5.02 Å². The van der Waals surface area contributed by atoms with E-state index in [9.17, 15) is 4.39 Å². The Morgan fingerprint density at radius 1 is 1.40 bits per heavy atom. The zero-order valence-electron chi connectivity index (χ0n) is 9.35. The molecule has 0 atom stereocenters. The van der Waals surface area contributed by atoms with Gasteiger partial charge in [0.15, 0.2) is 0 Å². The third kappa shape index (κ3) is 5.72. The van der Waals surface area contributed by atoms with Crippen LogP contribution >= 0.6 is 11.6 Å². The summed E-state index contributed by atoms with van der Waals surface area (Å²) in [6.45, 7) is 4.84. The molecule has 0 aliphatic rings. The highest BCUT2D eigenvalue weighted by atomic mass is 35.5. The zero-order chi connectivity index (χ0) is 11.8. The van der Waals surface area contributed by atoms with E-state index in [1.807, 2.05) is 0 Å². The molecule has 2 nitrogen and oxygen atoms in total. The fraction of sp³-hybridized carbons (Fsp3) is 0.455. The Morgan fingerprint density at radius 3 is 2.47 bits per heavy atom. The number of rotatable bonds is 3. The topological polar surface area (TPSA) is 38.0 Å². The normalized spacial score (nSPS) is 9.80. The minimum Gasteiger partial charge on any atom is -0.333 e. The third-order valence-electron chi connectivity index (χ3n) is 1.70. The third-order valence-corrected chi connectivity index (χ3v) is 1.99. The first-order chi connectivity index (χ1) is 7.09. The molecule has 0 saturated carbocycles. The molecule has 4 heteroatoms. The first kappa shape index (κ1) is 14.4. The summed E-state index contributed by atoms with van der Waals surface area (Å²) >= 11 is 5.63. The van der Waals surface area contributed by atoms with Crippen LogP contribution in [-0.4, -0.2) is 13.1 Å². The second kappa shape index (κ2) is 7.63. The Kier molecular flexibility index (Phi) is 7.30. The van der Waals surface area contributed by atoms with Crippen LogP contribution in [0.1, 0.15) is 19.4 Å². The maximum absolute atomic E-state index is 12.7. The van der Waals surface area contributed by atoms with Crippen LogP contribution in [0.15, 0.2) is 18.2 Å². The summed E-state index contributed by atoms with van der Waals surface area (Å²) in [7, 11) is 1.50. The van der Waals surface area contributed by atoms with E-state index in [0.717, 1.165) is 12.1 Å². The van der Waals surface area contributed by atoms with Crippen LogP contribution in [0.4, 0.5) is 4.39 Å². The van der Waals surface area contributed by atoms with E-state index in [4.69, 9.17) is 11.6 Å². The van der Waals surface area contributed by atoms with Crippen molar-refractivity contribution < 1.29 is 4.39 Å². The maximum Gasteiger partial charge on any atom is 0.141 e. The van der Waals surface area contributed by atoms with Gasteiger partial charge in [-0.3, -0.25) is 0 Å². The quantitative estimate of drug-likeness (QED) is 0.841. The van der Waals surface area contributed by atoms with Crippen molar-refractivity contribution in [3.63, 3.8) is 0 Å². The van der Waals surface area contributed by atoms with Gasteiger partial charge in [0, 0.05) is 12.6 Å². The molecule has 86 valence electrons. The monoisotopic (exact) mass is 232 g/mol. The minimum atomic E-state index is -0.366. The van der Waals surface area contributed by atoms with Gasteiger partial charge in [-0.2, -0.15) is 0 Å². The van der Waals surface area contributed by atoms with Crippen molar-refractivity contribution in [1.82, 2.24) is 5.32 Å². The summed E-state index contributed by atoms with van der Waals surface area (Å²) in [6.07, 6.45) is 0. The van der Waals surface area contributed by atoms with Crippen LogP contribution in [0.5, 0.6) is 0 Å². The Bertz CT molecular complexity index is 290. The number of hydrogen-bond donors (Lipinski definition) is 2. The molecule has 0 amide bonds. The molecule has 0 bridgehead atoms. The van der Waals surface area contributed by atoms with Crippen molar-refractivity contribution in [1.29, 1.82) is 0 Å². The van der Waals surface area contributed by atoms with Gasteiger partial charge in [-0.05, 0) is 24.7 Å². The van der Waals surface area contributed by atoms with E-state index >= 15 is 0 Å². The molecule has 0 aliphatic carbocycles. The second-order valence-corrected chi connectivity index (χ2v) is 3.69. The molecular weight excluding hydrogens is 215 g/mol. The molecule has 1 aromatic carbocycles. The van der Waals surface area contributed by atoms with Crippen LogP contribution in [0.3, 0.4) is 0 Å².